The zero-order valence-electron chi connectivity index (χ0n) is 21.6. The SMILES string of the molecule is CC(=O)c1ccc(SNCC(O)CC(C)C(=O)NC2c3ccccc3CC2O)cc1.Cc1ccccc1. The lowest BCUT2D eigenvalue weighted by Crippen LogP contribution is -2.38. The molecular weight excluding hydrogens is 484 g/mol. The molecule has 4 atom stereocenters. The predicted molar refractivity (Wildman–Crippen MR) is 148 cm³/mol. The van der Waals surface area contributed by atoms with Crippen molar-refractivity contribution in [3.63, 3.8) is 0 Å². The summed E-state index contributed by atoms with van der Waals surface area (Å²) in [7, 11) is 0. The quantitative estimate of drug-likeness (QED) is 0.242. The number of ketones is 1. The largest absolute Gasteiger partial charge is 0.392 e. The van der Waals surface area contributed by atoms with E-state index in [-0.39, 0.29) is 17.6 Å². The number of fused-ring (bicyclic) bond motifs is 1. The molecule has 0 saturated carbocycles. The van der Waals surface area contributed by atoms with Crippen LogP contribution in [-0.2, 0) is 11.2 Å². The molecule has 1 amide bonds. The van der Waals surface area contributed by atoms with Crippen LogP contribution in [0.25, 0.3) is 0 Å². The van der Waals surface area contributed by atoms with Crippen LogP contribution in [0.3, 0.4) is 0 Å². The highest BCUT2D eigenvalue weighted by Gasteiger charge is 2.33. The highest BCUT2D eigenvalue weighted by Crippen LogP contribution is 2.31. The normalized spacial score (nSPS) is 17.6. The summed E-state index contributed by atoms with van der Waals surface area (Å²) in [6.07, 6.45) is -0.466. The van der Waals surface area contributed by atoms with Crippen molar-refractivity contribution in [3.05, 3.63) is 101 Å². The van der Waals surface area contributed by atoms with Crippen molar-refractivity contribution in [1.29, 1.82) is 0 Å². The van der Waals surface area contributed by atoms with Crippen LogP contribution < -0.4 is 10.0 Å². The van der Waals surface area contributed by atoms with Gasteiger partial charge in [-0.2, -0.15) is 0 Å². The molecule has 3 aromatic carbocycles. The molecule has 3 aromatic rings. The van der Waals surface area contributed by atoms with Crippen LogP contribution in [0.2, 0.25) is 0 Å². The number of carbonyl (C=O) groups is 2. The van der Waals surface area contributed by atoms with Crippen molar-refractivity contribution >= 4 is 23.6 Å². The molecule has 0 saturated heterocycles. The smallest absolute Gasteiger partial charge is 0.223 e. The van der Waals surface area contributed by atoms with Crippen LogP contribution in [0.4, 0.5) is 0 Å². The van der Waals surface area contributed by atoms with E-state index >= 15 is 0 Å². The average molecular weight is 521 g/mol. The van der Waals surface area contributed by atoms with Crippen molar-refractivity contribution in [3.8, 4) is 0 Å². The first-order valence-electron chi connectivity index (χ1n) is 12.5. The molecule has 37 heavy (non-hydrogen) atoms. The Hall–Kier alpha value is -2.97. The van der Waals surface area contributed by atoms with E-state index in [0.717, 1.165) is 16.0 Å². The lowest BCUT2D eigenvalue weighted by Gasteiger charge is -2.22. The first-order valence-corrected chi connectivity index (χ1v) is 13.3. The number of nitrogens with one attached hydrogen (secondary N) is 2. The molecule has 1 aliphatic carbocycles. The lowest BCUT2D eigenvalue weighted by molar-refractivity contribution is -0.127. The van der Waals surface area contributed by atoms with E-state index in [1.165, 1.54) is 24.4 Å². The molecule has 0 bridgehead atoms. The molecule has 0 aliphatic heterocycles. The number of Topliss-reactive ketones (excluding diaryl/α,β-unsaturated/α-hetero) is 1. The third kappa shape index (κ3) is 8.83. The van der Waals surface area contributed by atoms with Gasteiger partial charge in [0, 0.05) is 29.3 Å². The van der Waals surface area contributed by atoms with Crippen molar-refractivity contribution in [2.45, 2.75) is 56.8 Å². The molecular formula is C30H36N2O4S. The maximum absolute atomic E-state index is 12.6. The van der Waals surface area contributed by atoms with Crippen molar-refractivity contribution in [1.82, 2.24) is 10.0 Å². The number of amides is 1. The molecule has 0 fully saturated rings. The molecule has 4 N–H and O–H groups in total. The maximum atomic E-state index is 12.6. The molecule has 0 heterocycles. The summed E-state index contributed by atoms with van der Waals surface area (Å²) in [5.41, 5.74) is 4.00. The molecule has 7 heteroatoms. The van der Waals surface area contributed by atoms with Crippen LogP contribution in [0.15, 0.2) is 83.8 Å². The van der Waals surface area contributed by atoms with Gasteiger partial charge >= 0.3 is 0 Å². The van der Waals surface area contributed by atoms with E-state index in [9.17, 15) is 19.8 Å². The lowest BCUT2D eigenvalue weighted by atomic mass is 10.0. The maximum Gasteiger partial charge on any atom is 0.223 e. The van der Waals surface area contributed by atoms with Crippen LogP contribution in [0.1, 0.15) is 53.4 Å². The van der Waals surface area contributed by atoms with Crippen LogP contribution >= 0.6 is 11.9 Å². The van der Waals surface area contributed by atoms with Gasteiger partial charge in [-0.05, 0) is 55.5 Å². The molecule has 196 valence electrons. The number of aliphatic hydroxyl groups excluding tert-OH is 2. The summed E-state index contributed by atoms with van der Waals surface area (Å²) < 4.78 is 3.10. The number of carbonyl (C=O) groups excluding carboxylic acids is 2. The van der Waals surface area contributed by atoms with Crippen molar-refractivity contribution < 1.29 is 19.8 Å². The Balaban J connectivity index is 0.000000468. The van der Waals surface area contributed by atoms with Gasteiger partial charge in [0.2, 0.25) is 5.91 Å². The van der Waals surface area contributed by atoms with Gasteiger partial charge in [-0.1, -0.05) is 79.2 Å². The summed E-state index contributed by atoms with van der Waals surface area (Å²) in [6, 6.07) is 24.8. The Bertz CT molecular complexity index is 1150. The number of benzene rings is 3. The molecule has 0 spiro atoms. The Morgan fingerprint density at radius 1 is 1.00 bits per heavy atom. The van der Waals surface area contributed by atoms with E-state index in [0.29, 0.717) is 24.9 Å². The summed E-state index contributed by atoms with van der Waals surface area (Å²) in [6.45, 7) is 5.71. The number of hydrogen-bond acceptors (Lipinski definition) is 6. The average Bonchev–Trinajstić information content (AvgIpc) is 3.20. The first kappa shape index (κ1) is 28.6. The van der Waals surface area contributed by atoms with Crippen LogP contribution in [-0.4, -0.2) is 40.7 Å². The monoisotopic (exact) mass is 520 g/mol. The van der Waals surface area contributed by atoms with Gasteiger partial charge in [-0.15, -0.1) is 0 Å². The Labute approximate surface area is 223 Å². The van der Waals surface area contributed by atoms with Crippen molar-refractivity contribution in [2.24, 2.45) is 5.92 Å². The molecule has 4 unspecified atom stereocenters. The molecule has 6 nitrogen and oxygen atoms in total. The number of aryl methyl sites for hydroxylation is 1. The zero-order chi connectivity index (χ0) is 26.8. The highest BCUT2D eigenvalue weighted by atomic mass is 32.2. The highest BCUT2D eigenvalue weighted by molar-refractivity contribution is 7.97. The molecule has 0 aromatic heterocycles. The Kier molecular flexibility index (Phi) is 10.9. The number of rotatable bonds is 9. The van der Waals surface area contributed by atoms with Gasteiger partial charge in [0.1, 0.15) is 0 Å². The minimum atomic E-state index is -0.685. The summed E-state index contributed by atoms with van der Waals surface area (Å²) >= 11 is 1.37. The fourth-order valence-electron chi connectivity index (χ4n) is 4.16. The standard InChI is InChI=1S/C23H28N2O4S.C7H8/c1-14(23(29)25-22-20-6-4-3-5-17(20)12-21(22)28)11-18(27)13-24-30-19-9-7-16(8-10-19)15(2)26;1-7-5-3-2-4-6-7/h3-10,14,18,21-22,24,27-28H,11-13H2,1-2H3,(H,25,29);2-6H,1H3. The van der Waals surface area contributed by atoms with E-state index in [4.69, 9.17) is 0 Å². The second-order valence-corrected chi connectivity index (χ2v) is 10.4. The van der Waals surface area contributed by atoms with Gasteiger partial charge in [0.05, 0.1) is 18.2 Å². The summed E-state index contributed by atoms with van der Waals surface area (Å²) in [4.78, 5) is 24.8. The predicted octanol–water partition coefficient (Wildman–Crippen LogP) is 4.64. The van der Waals surface area contributed by atoms with Gasteiger partial charge in [0.25, 0.3) is 0 Å². The Morgan fingerprint density at radius 2 is 1.65 bits per heavy atom. The van der Waals surface area contributed by atoms with Gasteiger partial charge < -0.3 is 15.5 Å². The van der Waals surface area contributed by atoms with Crippen LogP contribution in [0, 0.1) is 12.8 Å². The van der Waals surface area contributed by atoms with Crippen LogP contribution in [0.5, 0.6) is 0 Å². The van der Waals surface area contributed by atoms with Gasteiger partial charge in [-0.3, -0.25) is 14.3 Å². The number of aliphatic hydroxyl groups is 2. The van der Waals surface area contributed by atoms with E-state index in [1.54, 1.807) is 19.1 Å². The molecule has 4 rings (SSSR count). The number of hydrogen-bond donors (Lipinski definition) is 4. The minimum Gasteiger partial charge on any atom is -0.392 e. The second-order valence-electron chi connectivity index (χ2n) is 9.43. The fourth-order valence-corrected chi connectivity index (χ4v) is 4.87. The topological polar surface area (TPSA) is 98.7 Å². The second kappa shape index (κ2) is 14.1. The zero-order valence-corrected chi connectivity index (χ0v) is 22.4. The molecule has 1 aliphatic rings. The van der Waals surface area contributed by atoms with E-state index in [2.05, 4.69) is 29.1 Å². The summed E-state index contributed by atoms with van der Waals surface area (Å²) in [5.74, 6) is -0.542. The van der Waals surface area contributed by atoms with E-state index < -0.39 is 18.2 Å². The van der Waals surface area contributed by atoms with Gasteiger partial charge in [-0.25, -0.2) is 0 Å². The van der Waals surface area contributed by atoms with E-state index in [1.807, 2.05) is 54.6 Å². The minimum absolute atomic E-state index is 0.0239. The third-order valence-electron chi connectivity index (χ3n) is 6.29. The molecule has 0 radical (unpaired) electrons. The first-order chi connectivity index (χ1) is 17.7. The van der Waals surface area contributed by atoms with Crippen molar-refractivity contribution in [2.75, 3.05) is 6.54 Å². The Morgan fingerprint density at radius 3 is 2.27 bits per heavy atom. The van der Waals surface area contributed by atoms with Gasteiger partial charge in [0.15, 0.2) is 5.78 Å². The third-order valence-corrected chi connectivity index (χ3v) is 7.10. The fraction of sp³-hybridized carbons (Fsp3) is 0.333. The summed E-state index contributed by atoms with van der Waals surface area (Å²) in [5, 5.41) is 23.5.